The van der Waals surface area contributed by atoms with E-state index in [1.165, 1.54) is 5.57 Å². The van der Waals surface area contributed by atoms with Crippen molar-refractivity contribution in [2.75, 3.05) is 12.4 Å². The molecule has 2 amide bonds. The fourth-order valence-corrected chi connectivity index (χ4v) is 2.95. The van der Waals surface area contributed by atoms with Gasteiger partial charge in [0, 0.05) is 18.3 Å². The number of anilines is 1. The molecular formula is C18H24N2O2. The zero-order valence-corrected chi connectivity index (χ0v) is 13.9. The van der Waals surface area contributed by atoms with Crippen molar-refractivity contribution in [3.8, 4) is 0 Å². The number of hydrogen-bond donors (Lipinski definition) is 2. The molecule has 1 fully saturated rings. The van der Waals surface area contributed by atoms with Gasteiger partial charge in [-0.15, -0.1) is 0 Å². The van der Waals surface area contributed by atoms with Crippen LogP contribution in [0.4, 0.5) is 5.69 Å². The zero-order chi connectivity index (χ0) is 16.5. The highest BCUT2D eigenvalue weighted by Crippen LogP contribution is 2.59. The fraction of sp³-hybridized carbons (Fsp3) is 0.444. The first-order valence-corrected chi connectivity index (χ1v) is 7.55. The topological polar surface area (TPSA) is 58.2 Å². The van der Waals surface area contributed by atoms with Gasteiger partial charge in [0.15, 0.2) is 0 Å². The minimum atomic E-state index is -0.162. The number of amides is 2. The van der Waals surface area contributed by atoms with Gasteiger partial charge in [0.25, 0.3) is 5.91 Å². The van der Waals surface area contributed by atoms with Gasteiger partial charge in [-0.2, -0.15) is 0 Å². The molecule has 1 aliphatic carbocycles. The highest BCUT2D eigenvalue weighted by atomic mass is 16.2. The van der Waals surface area contributed by atoms with Gasteiger partial charge in [-0.1, -0.05) is 31.6 Å². The summed E-state index contributed by atoms with van der Waals surface area (Å²) in [4.78, 5) is 24.1. The predicted octanol–water partition coefficient (Wildman–Crippen LogP) is 3.22. The Kier molecular flexibility index (Phi) is 4.40. The van der Waals surface area contributed by atoms with Gasteiger partial charge in [-0.3, -0.25) is 9.59 Å². The predicted molar refractivity (Wildman–Crippen MR) is 88.7 cm³/mol. The van der Waals surface area contributed by atoms with Crippen LogP contribution in [0.25, 0.3) is 0 Å². The Labute approximate surface area is 132 Å². The first-order chi connectivity index (χ1) is 10.3. The Morgan fingerprint density at radius 2 is 1.91 bits per heavy atom. The number of rotatable bonds is 4. The quantitative estimate of drug-likeness (QED) is 0.839. The molecule has 0 saturated heterocycles. The minimum Gasteiger partial charge on any atom is -0.355 e. The standard InChI is InChI=1S/C18H24N2O2/c1-11(2)9-14-15(18(14,3)4)17(22)20-13-8-6-7-12(10-13)16(21)19-5/h6-10,14-15H,1-5H3,(H,19,21)(H,20,22)/t14-,15+/m0/s1. The van der Waals surface area contributed by atoms with Gasteiger partial charge in [-0.25, -0.2) is 0 Å². The van der Waals surface area contributed by atoms with Crippen LogP contribution in [0.1, 0.15) is 38.1 Å². The summed E-state index contributed by atoms with van der Waals surface area (Å²) in [7, 11) is 1.59. The lowest BCUT2D eigenvalue weighted by Crippen LogP contribution is -2.19. The van der Waals surface area contributed by atoms with E-state index in [4.69, 9.17) is 0 Å². The molecule has 0 radical (unpaired) electrons. The molecule has 22 heavy (non-hydrogen) atoms. The molecule has 0 unspecified atom stereocenters. The Morgan fingerprint density at radius 3 is 2.50 bits per heavy atom. The fourth-order valence-electron chi connectivity index (χ4n) is 2.95. The maximum atomic E-state index is 12.5. The van der Waals surface area contributed by atoms with Crippen molar-refractivity contribution in [1.29, 1.82) is 0 Å². The van der Waals surface area contributed by atoms with Crippen molar-refractivity contribution in [1.82, 2.24) is 5.32 Å². The lowest BCUT2D eigenvalue weighted by Gasteiger charge is -2.08. The van der Waals surface area contributed by atoms with Crippen LogP contribution in [0.2, 0.25) is 0 Å². The van der Waals surface area contributed by atoms with Crippen LogP contribution in [0.15, 0.2) is 35.9 Å². The zero-order valence-electron chi connectivity index (χ0n) is 13.9. The van der Waals surface area contributed by atoms with E-state index >= 15 is 0 Å². The summed E-state index contributed by atoms with van der Waals surface area (Å²) in [5, 5.41) is 5.51. The molecule has 0 heterocycles. The van der Waals surface area contributed by atoms with E-state index in [-0.39, 0.29) is 29.1 Å². The second kappa shape index (κ2) is 5.95. The van der Waals surface area contributed by atoms with Crippen LogP contribution in [0, 0.1) is 17.3 Å². The Hall–Kier alpha value is -2.10. The molecule has 1 aliphatic rings. The minimum absolute atomic E-state index is 0.0141. The van der Waals surface area contributed by atoms with Gasteiger partial charge in [0.1, 0.15) is 0 Å². The van der Waals surface area contributed by atoms with Crippen LogP contribution in [-0.2, 0) is 4.79 Å². The van der Waals surface area contributed by atoms with Crippen LogP contribution < -0.4 is 10.6 Å². The third kappa shape index (κ3) is 3.21. The van der Waals surface area contributed by atoms with Gasteiger partial charge in [0.05, 0.1) is 5.92 Å². The molecule has 0 bridgehead atoms. The van der Waals surface area contributed by atoms with Crippen molar-refractivity contribution in [2.24, 2.45) is 17.3 Å². The molecule has 2 N–H and O–H groups in total. The van der Waals surface area contributed by atoms with Crippen molar-refractivity contribution in [3.63, 3.8) is 0 Å². The highest BCUT2D eigenvalue weighted by molar-refractivity contribution is 5.98. The van der Waals surface area contributed by atoms with Gasteiger partial charge < -0.3 is 10.6 Å². The van der Waals surface area contributed by atoms with E-state index < -0.39 is 0 Å². The van der Waals surface area contributed by atoms with Crippen LogP contribution in [0.3, 0.4) is 0 Å². The largest absolute Gasteiger partial charge is 0.355 e. The van der Waals surface area contributed by atoms with E-state index in [0.29, 0.717) is 11.3 Å². The number of carbonyl (C=O) groups is 2. The average Bonchev–Trinajstić information content (AvgIpc) is 2.98. The third-order valence-electron chi connectivity index (χ3n) is 4.33. The van der Waals surface area contributed by atoms with Crippen molar-refractivity contribution >= 4 is 17.5 Å². The summed E-state index contributed by atoms with van der Waals surface area (Å²) in [5.41, 5.74) is 2.41. The number of carbonyl (C=O) groups excluding carboxylic acids is 2. The molecule has 0 aromatic heterocycles. The molecule has 4 nitrogen and oxygen atoms in total. The molecule has 118 valence electrons. The van der Waals surface area contributed by atoms with Gasteiger partial charge >= 0.3 is 0 Å². The maximum Gasteiger partial charge on any atom is 0.251 e. The first kappa shape index (κ1) is 16.3. The van der Waals surface area contributed by atoms with E-state index in [2.05, 4.69) is 44.4 Å². The summed E-state index contributed by atoms with van der Waals surface area (Å²) >= 11 is 0. The Morgan fingerprint density at radius 1 is 1.23 bits per heavy atom. The van der Waals surface area contributed by atoms with Gasteiger partial charge in [0.2, 0.25) is 5.91 Å². The number of hydrogen-bond acceptors (Lipinski definition) is 2. The molecule has 4 heteroatoms. The second-order valence-corrected chi connectivity index (χ2v) is 6.72. The smallest absolute Gasteiger partial charge is 0.251 e. The lowest BCUT2D eigenvalue weighted by molar-refractivity contribution is -0.118. The molecule has 0 aliphatic heterocycles. The average molecular weight is 300 g/mol. The number of benzene rings is 1. The van der Waals surface area contributed by atoms with E-state index in [1.54, 1.807) is 31.3 Å². The molecule has 1 aromatic rings. The summed E-state index contributed by atoms with van der Waals surface area (Å²) in [6.45, 7) is 8.33. The van der Waals surface area contributed by atoms with E-state index in [9.17, 15) is 9.59 Å². The van der Waals surface area contributed by atoms with Crippen molar-refractivity contribution in [3.05, 3.63) is 41.5 Å². The van der Waals surface area contributed by atoms with Crippen LogP contribution in [-0.4, -0.2) is 18.9 Å². The van der Waals surface area contributed by atoms with E-state index in [1.807, 2.05) is 0 Å². The monoisotopic (exact) mass is 300 g/mol. The number of allylic oxidation sites excluding steroid dienone is 2. The lowest BCUT2D eigenvalue weighted by atomic mass is 10.1. The molecule has 2 atom stereocenters. The highest BCUT2D eigenvalue weighted by Gasteiger charge is 2.60. The molecule has 0 spiro atoms. The summed E-state index contributed by atoms with van der Waals surface area (Å²) in [6.07, 6.45) is 2.17. The second-order valence-electron chi connectivity index (χ2n) is 6.72. The molecular weight excluding hydrogens is 276 g/mol. The molecule has 1 saturated carbocycles. The third-order valence-corrected chi connectivity index (χ3v) is 4.33. The summed E-state index contributed by atoms with van der Waals surface area (Å²) < 4.78 is 0. The first-order valence-electron chi connectivity index (χ1n) is 7.55. The van der Waals surface area contributed by atoms with Crippen molar-refractivity contribution in [2.45, 2.75) is 27.7 Å². The normalized spacial score (nSPS) is 21.7. The molecule has 1 aromatic carbocycles. The summed E-state index contributed by atoms with van der Waals surface area (Å²) in [5.74, 6) is 0.109. The Bertz CT molecular complexity index is 628. The SMILES string of the molecule is CNC(=O)c1cccc(NC(=O)[C@H]2[C@H](C=C(C)C)C2(C)C)c1. The Balaban J connectivity index is 2.10. The molecule has 2 rings (SSSR count). The van der Waals surface area contributed by atoms with Crippen molar-refractivity contribution < 1.29 is 9.59 Å². The maximum absolute atomic E-state index is 12.5. The van der Waals surface area contributed by atoms with Crippen LogP contribution >= 0.6 is 0 Å². The van der Waals surface area contributed by atoms with Gasteiger partial charge in [-0.05, 0) is 43.4 Å². The summed E-state index contributed by atoms with van der Waals surface area (Å²) in [6, 6.07) is 6.99. The number of nitrogens with one attached hydrogen (secondary N) is 2. The van der Waals surface area contributed by atoms with E-state index in [0.717, 1.165) is 0 Å². The van der Waals surface area contributed by atoms with Crippen LogP contribution in [0.5, 0.6) is 0 Å².